The standard InChI is InChI=1S/C15H17IO2Si/c1-19(2,3)18-15-10-6-13(7-11-15)16-12-4-8-14(17)9-5-12/h4-11H,1-3H3/p+1. The van der Waals surface area contributed by atoms with Crippen LogP contribution in [0, 0.1) is 7.14 Å². The first-order valence-electron chi connectivity index (χ1n) is 6.15. The Morgan fingerprint density at radius 3 is 1.79 bits per heavy atom. The molecule has 0 aromatic heterocycles. The lowest BCUT2D eigenvalue weighted by molar-refractivity contribution is -0.597. The van der Waals surface area contributed by atoms with E-state index in [0.29, 0.717) is 5.75 Å². The maximum Gasteiger partial charge on any atom is 0.357 e. The first kappa shape index (κ1) is 14.4. The average Bonchev–Trinajstić information content (AvgIpc) is 2.33. The molecule has 0 amide bonds. The second kappa shape index (κ2) is 5.96. The van der Waals surface area contributed by atoms with E-state index >= 15 is 0 Å². The second-order valence-corrected chi connectivity index (χ2v) is 12.7. The predicted octanol–water partition coefficient (Wildman–Crippen LogP) is 0.734. The van der Waals surface area contributed by atoms with Gasteiger partial charge >= 0.3 is 21.2 Å². The fraction of sp³-hybridized carbons (Fsp3) is 0.200. The van der Waals surface area contributed by atoms with Gasteiger partial charge in [-0.05, 0) is 68.2 Å². The van der Waals surface area contributed by atoms with Gasteiger partial charge in [0, 0.05) is 0 Å². The summed E-state index contributed by atoms with van der Waals surface area (Å²) >= 11 is -0.186. The summed E-state index contributed by atoms with van der Waals surface area (Å²) in [6.45, 7) is 6.55. The van der Waals surface area contributed by atoms with Crippen LogP contribution in [-0.2, 0) is 0 Å². The molecule has 0 aliphatic rings. The highest BCUT2D eigenvalue weighted by Gasteiger charge is 2.18. The van der Waals surface area contributed by atoms with Crippen molar-refractivity contribution in [3.8, 4) is 11.5 Å². The van der Waals surface area contributed by atoms with E-state index < -0.39 is 8.32 Å². The van der Waals surface area contributed by atoms with Crippen LogP contribution in [0.15, 0.2) is 48.5 Å². The van der Waals surface area contributed by atoms with Crippen molar-refractivity contribution < 1.29 is 30.7 Å². The summed E-state index contributed by atoms with van der Waals surface area (Å²) in [7, 11) is -1.51. The number of benzene rings is 2. The highest BCUT2D eigenvalue weighted by molar-refractivity contribution is 6.70. The lowest BCUT2D eigenvalue weighted by Crippen LogP contribution is -3.61. The normalized spacial score (nSPS) is 11.3. The molecule has 0 radical (unpaired) electrons. The molecule has 0 fully saturated rings. The van der Waals surface area contributed by atoms with Crippen molar-refractivity contribution in [3.05, 3.63) is 55.7 Å². The van der Waals surface area contributed by atoms with E-state index in [0.717, 1.165) is 5.75 Å². The van der Waals surface area contributed by atoms with E-state index in [1.807, 2.05) is 12.1 Å². The van der Waals surface area contributed by atoms with Gasteiger partial charge in [-0.3, -0.25) is 0 Å². The largest absolute Gasteiger partial charge is 0.544 e. The number of aromatic hydroxyl groups is 1. The molecule has 2 aromatic carbocycles. The second-order valence-electron chi connectivity index (χ2n) is 5.24. The summed E-state index contributed by atoms with van der Waals surface area (Å²) in [6, 6.07) is 15.9. The van der Waals surface area contributed by atoms with E-state index in [1.165, 1.54) is 7.14 Å². The van der Waals surface area contributed by atoms with Crippen molar-refractivity contribution >= 4 is 8.32 Å². The molecule has 0 saturated carbocycles. The van der Waals surface area contributed by atoms with Crippen molar-refractivity contribution in [1.29, 1.82) is 0 Å². The molecular formula is C15H18IO2Si+. The topological polar surface area (TPSA) is 29.5 Å². The zero-order chi connectivity index (χ0) is 13.9. The fourth-order valence-electron chi connectivity index (χ4n) is 1.55. The molecule has 0 spiro atoms. The van der Waals surface area contributed by atoms with Gasteiger partial charge in [-0.15, -0.1) is 0 Å². The lowest BCUT2D eigenvalue weighted by Gasteiger charge is -2.18. The molecule has 0 bridgehead atoms. The minimum atomic E-state index is -1.51. The fourth-order valence-corrected chi connectivity index (χ4v) is 4.55. The Kier molecular flexibility index (Phi) is 4.52. The molecular weight excluding hydrogens is 367 g/mol. The molecule has 2 aromatic rings. The zero-order valence-electron chi connectivity index (χ0n) is 11.4. The van der Waals surface area contributed by atoms with Crippen LogP contribution in [0.4, 0.5) is 0 Å². The zero-order valence-corrected chi connectivity index (χ0v) is 14.5. The van der Waals surface area contributed by atoms with E-state index in [9.17, 15) is 5.11 Å². The van der Waals surface area contributed by atoms with Gasteiger partial charge in [0.25, 0.3) is 0 Å². The number of rotatable bonds is 4. The lowest BCUT2D eigenvalue weighted by atomic mass is 10.3. The third-order valence-corrected chi connectivity index (χ3v) is 5.81. The molecule has 2 rings (SSSR count). The van der Waals surface area contributed by atoms with E-state index in [1.54, 1.807) is 12.1 Å². The van der Waals surface area contributed by atoms with Crippen molar-refractivity contribution in [2.24, 2.45) is 0 Å². The minimum absolute atomic E-state index is 0.186. The number of halogens is 1. The highest BCUT2D eigenvalue weighted by Crippen LogP contribution is 2.14. The highest BCUT2D eigenvalue weighted by atomic mass is 127. The summed E-state index contributed by atoms with van der Waals surface area (Å²) in [5.74, 6) is 1.30. The van der Waals surface area contributed by atoms with Gasteiger partial charge in [-0.1, -0.05) is 0 Å². The quantitative estimate of drug-likeness (QED) is 0.622. The Morgan fingerprint density at radius 1 is 0.842 bits per heavy atom. The van der Waals surface area contributed by atoms with Crippen molar-refractivity contribution in [1.82, 2.24) is 0 Å². The molecule has 19 heavy (non-hydrogen) atoms. The first-order chi connectivity index (χ1) is 8.92. The van der Waals surface area contributed by atoms with Crippen molar-refractivity contribution in [2.75, 3.05) is 0 Å². The number of hydrogen-bond donors (Lipinski definition) is 1. The van der Waals surface area contributed by atoms with Crippen LogP contribution in [0.1, 0.15) is 0 Å². The van der Waals surface area contributed by atoms with Gasteiger partial charge in [0.1, 0.15) is 11.5 Å². The third kappa shape index (κ3) is 4.87. The third-order valence-electron chi connectivity index (χ3n) is 2.28. The van der Waals surface area contributed by atoms with E-state index in [2.05, 4.69) is 43.9 Å². The van der Waals surface area contributed by atoms with Gasteiger partial charge in [0.05, 0.1) is 0 Å². The van der Waals surface area contributed by atoms with Crippen LogP contribution >= 0.6 is 0 Å². The average molecular weight is 385 g/mol. The molecule has 0 saturated heterocycles. The molecule has 0 aliphatic heterocycles. The van der Waals surface area contributed by atoms with Crippen LogP contribution in [0.5, 0.6) is 11.5 Å². The van der Waals surface area contributed by atoms with Crippen LogP contribution in [0.25, 0.3) is 0 Å². The van der Waals surface area contributed by atoms with Gasteiger partial charge in [-0.25, -0.2) is 0 Å². The Morgan fingerprint density at radius 2 is 1.32 bits per heavy atom. The summed E-state index contributed by atoms with van der Waals surface area (Å²) in [6.07, 6.45) is 0. The number of phenolic OH excluding ortho intramolecular Hbond substituents is 1. The first-order valence-corrected chi connectivity index (χ1v) is 11.7. The van der Waals surface area contributed by atoms with E-state index in [4.69, 9.17) is 4.43 Å². The molecule has 0 unspecified atom stereocenters. The Bertz CT molecular complexity index is 530. The van der Waals surface area contributed by atoms with Gasteiger partial charge in [0.2, 0.25) is 8.32 Å². The summed E-state index contributed by atoms with van der Waals surface area (Å²) < 4.78 is 8.60. The molecule has 0 atom stereocenters. The molecule has 4 heteroatoms. The summed E-state index contributed by atoms with van der Waals surface area (Å²) in [5, 5.41) is 9.27. The smallest absolute Gasteiger partial charge is 0.357 e. The SMILES string of the molecule is C[Si](C)(C)Oc1ccc([I+]c2ccc(O)cc2)cc1. The Balaban J connectivity index is 2.04. The molecule has 2 nitrogen and oxygen atoms in total. The molecule has 0 heterocycles. The van der Waals surface area contributed by atoms with Crippen LogP contribution in [0.2, 0.25) is 19.6 Å². The van der Waals surface area contributed by atoms with Crippen LogP contribution in [-0.4, -0.2) is 13.4 Å². The van der Waals surface area contributed by atoms with Crippen LogP contribution in [0.3, 0.4) is 0 Å². The van der Waals surface area contributed by atoms with Crippen molar-refractivity contribution in [3.63, 3.8) is 0 Å². The number of phenols is 1. The minimum Gasteiger partial charge on any atom is -0.544 e. The van der Waals surface area contributed by atoms with Gasteiger partial charge < -0.3 is 9.53 Å². The van der Waals surface area contributed by atoms with Crippen molar-refractivity contribution in [2.45, 2.75) is 19.6 Å². The summed E-state index contributed by atoms with van der Waals surface area (Å²) in [4.78, 5) is 0. The maximum absolute atomic E-state index is 9.27. The molecule has 1 N–H and O–H groups in total. The number of hydrogen-bond acceptors (Lipinski definition) is 2. The van der Waals surface area contributed by atoms with E-state index in [-0.39, 0.29) is 21.2 Å². The maximum atomic E-state index is 9.27. The monoisotopic (exact) mass is 385 g/mol. The molecule has 100 valence electrons. The van der Waals surface area contributed by atoms with Gasteiger partial charge in [-0.2, -0.15) is 0 Å². The Labute approximate surface area is 125 Å². The van der Waals surface area contributed by atoms with Gasteiger partial charge in [0.15, 0.2) is 7.14 Å². The molecule has 0 aliphatic carbocycles. The summed E-state index contributed by atoms with van der Waals surface area (Å²) in [5.41, 5.74) is 0. The predicted molar refractivity (Wildman–Crippen MR) is 75.9 cm³/mol. The Hall–Kier alpha value is -1.01. The van der Waals surface area contributed by atoms with Crippen LogP contribution < -0.4 is 25.6 Å².